The van der Waals surface area contributed by atoms with E-state index in [0.717, 1.165) is 12.1 Å². The van der Waals surface area contributed by atoms with E-state index in [1.54, 1.807) is 13.8 Å². The number of alkyl halides is 3. The molecule has 2 aromatic rings. The van der Waals surface area contributed by atoms with E-state index in [0.29, 0.717) is 36.8 Å². The predicted molar refractivity (Wildman–Crippen MR) is 102 cm³/mol. The molecule has 10 heteroatoms. The second kappa shape index (κ2) is 10.1. The van der Waals surface area contributed by atoms with Crippen LogP contribution < -0.4 is 10.6 Å². The number of rotatable bonds is 9. The van der Waals surface area contributed by atoms with Crippen LogP contribution in [0.2, 0.25) is 0 Å². The molecule has 7 nitrogen and oxygen atoms in total. The lowest BCUT2D eigenvalue weighted by Crippen LogP contribution is -2.26. The Morgan fingerprint density at radius 2 is 1.76 bits per heavy atom. The molecule has 158 valence electrons. The topological polar surface area (TPSA) is 89.0 Å². The van der Waals surface area contributed by atoms with Gasteiger partial charge in [0.05, 0.1) is 24.8 Å². The number of nitrogens with zero attached hydrogens (tertiary/aromatic N) is 3. The third kappa shape index (κ3) is 7.30. The fraction of sp³-hybridized carbons (Fsp3) is 0.474. The van der Waals surface area contributed by atoms with Gasteiger partial charge in [0.2, 0.25) is 17.8 Å². The first-order valence-electron chi connectivity index (χ1n) is 9.24. The van der Waals surface area contributed by atoms with Crippen molar-refractivity contribution in [2.75, 3.05) is 17.2 Å². The first-order chi connectivity index (χ1) is 13.7. The predicted octanol–water partition coefficient (Wildman–Crippen LogP) is 3.95. The molecular weight excluding hydrogens is 387 g/mol. The standard InChI is InChI=1S/C19H24F3N5O2/c1-4-15(11-29-10-13-6-8-14(9-7-13)19(20,21)22)25-17-23-12(3)24-18(27-17)26-16(28)5-2/h6-9,15H,4-5,10-11H2,1-3H3,(H2,23,24,25,26,27,28). The van der Waals surface area contributed by atoms with Gasteiger partial charge >= 0.3 is 6.18 Å². The van der Waals surface area contributed by atoms with Crippen molar-refractivity contribution < 1.29 is 22.7 Å². The van der Waals surface area contributed by atoms with E-state index in [1.807, 2.05) is 6.92 Å². The Labute approximate surface area is 167 Å². The third-order valence-electron chi connectivity index (χ3n) is 4.01. The Balaban J connectivity index is 1.91. The van der Waals surface area contributed by atoms with Gasteiger partial charge in [-0.25, -0.2) is 0 Å². The van der Waals surface area contributed by atoms with Gasteiger partial charge in [-0.15, -0.1) is 0 Å². The van der Waals surface area contributed by atoms with Crippen molar-refractivity contribution in [1.29, 1.82) is 0 Å². The number of aryl methyl sites for hydroxylation is 1. The lowest BCUT2D eigenvalue weighted by Gasteiger charge is -2.18. The molecule has 1 amide bonds. The second-order valence-corrected chi connectivity index (χ2v) is 6.39. The number of hydrogen-bond donors (Lipinski definition) is 2. The lowest BCUT2D eigenvalue weighted by atomic mass is 10.1. The van der Waals surface area contributed by atoms with Crippen LogP contribution in [-0.2, 0) is 22.3 Å². The van der Waals surface area contributed by atoms with Gasteiger partial charge in [0, 0.05) is 6.42 Å². The first-order valence-corrected chi connectivity index (χ1v) is 9.24. The second-order valence-electron chi connectivity index (χ2n) is 6.39. The third-order valence-corrected chi connectivity index (χ3v) is 4.01. The van der Waals surface area contributed by atoms with Crippen molar-refractivity contribution >= 4 is 17.8 Å². The van der Waals surface area contributed by atoms with Crippen molar-refractivity contribution in [3.63, 3.8) is 0 Å². The fourth-order valence-corrected chi connectivity index (χ4v) is 2.37. The zero-order valence-electron chi connectivity index (χ0n) is 16.5. The summed E-state index contributed by atoms with van der Waals surface area (Å²) >= 11 is 0. The summed E-state index contributed by atoms with van der Waals surface area (Å²) < 4.78 is 43.4. The minimum absolute atomic E-state index is 0.124. The number of ether oxygens (including phenoxy) is 1. The van der Waals surface area contributed by atoms with E-state index >= 15 is 0 Å². The maximum absolute atomic E-state index is 12.6. The van der Waals surface area contributed by atoms with Crippen molar-refractivity contribution in [3.05, 3.63) is 41.2 Å². The van der Waals surface area contributed by atoms with Gasteiger partial charge in [-0.1, -0.05) is 26.0 Å². The molecule has 1 aromatic carbocycles. The van der Waals surface area contributed by atoms with Crippen LogP contribution >= 0.6 is 0 Å². The van der Waals surface area contributed by atoms with E-state index in [9.17, 15) is 18.0 Å². The highest BCUT2D eigenvalue weighted by Gasteiger charge is 2.29. The number of aromatic nitrogens is 3. The molecule has 1 atom stereocenters. The number of carbonyl (C=O) groups excluding carboxylic acids is 1. The Morgan fingerprint density at radius 3 is 2.34 bits per heavy atom. The van der Waals surface area contributed by atoms with Crippen molar-refractivity contribution in [2.45, 2.75) is 52.4 Å². The van der Waals surface area contributed by atoms with E-state index in [1.165, 1.54) is 12.1 Å². The minimum atomic E-state index is -4.35. The quantitative estimate of drug-likeness (QED) is 0.649. The van der Waals surface area contributed by atoms with Crippen LogP contribution in [0.25, 0.3) is 0 Å². The number of nitrogens with one attached hydrogen (secondary N) is 2. The number of benzene rings is 1. The first kappa shape index (κ1) is 22.5. The summed E-state index contributed by atoms with van der Waals surface area (Å²) in [4.78, 5) is 24.0. The number of carbonyl (C=O) groups is 1. The molecule has 1 aromatic heterocycles. The molecule has 0 aliphatic heterocycles. The van der Waals surface area contributed by atoms with E-state index in [2.05, 4.69) is 25.6 Å². The zero-order valence-corrected chi connectivity index (χ0v) is 16.5. The molecule has 1 unspecified atom stereocenters. The Kier molecular flexibility index (Phi) is 7.89. The molecular formula is C19H24F3N5O2. The van der Waals surface area contributed by atoms with Crippen molar-refractivity contribution in [1.82, 2.24) is 15.0 Å². The highest BCUT2D eigenvalue weighted by Crippen LogP contribution is 2.29. The molecule has 0 saturated carbocycles. The molecule has 0 fully saturated rings. The maximum atomic E-state index is 12.6. The zero-order chi connectivity index (χ0) is 21.4. The summed E-state index contributed by atoms with van der Waals surface area (Å²) in [6, 6.07) is 4.74. The molecule has 0 aliphatic rings. The normalized spacial score (nSPS) is 12.5. The molecule has 2 rings (SSSR count). The van der Waals surface area contributed by atoms with Crippen LogP contribution in [-0.4, -0.2) is 33.5 Å². The highest BCUT2D eigenvalue weighted by molar-refractivity contribution is 5.88. The largest absolute Gasteiger partial charge is 0.416 e. The van der Waals surface area contributed by atoms with E-state index in [-0.39, 0.29) is 24.5 Å². The maximum Gasteiger partial charge on any atom is 0.416 e. The molecule has 0 spiro atoms. The summed E-state index contributed by atoms with van der Waals surface area (Å²) in [6.45, 7) is 5.86. The molecule has 0 aliphatic carbocycles. The van der Waals surface area contributed by atoms with Gasteiger partial charge < -0.3 is 10.1 Å². The van der Waals surface area contributed by atoms with Gasteiger partial charge in [0.25, 0.3) is 0 Å². The minimum Gasteiger partial charge on any atom is -0.375 e. The molecule has 0 saturated heterocycles. The Morgan fingerprint density at radius 1 is 1.10 bits per heavy atom. The highest BCUT2D eigenvalue weighted by atomic mass is 19.4. The monoisotopic (exact) mass is 411 g/mol. The van der Waals surface area contributed by atoms with E-state index < -0.39 is 11.7 Å². The van der Waals surface area contributed by atoms with Crippen molar-refractivity contribution in [3.8, 4) is 0 Å². The van der Waals surface area contributed by atoms with Crippen molar-refractivity contribution in [2.24, 2.45) is 0 Å². The van der Waals surface area contributed by atoms with Crippen LogP contribution in [0.3, 0.4) is 0 Å². The van der Waals surface area contributed by atoms with E-state index in [4.69, 9.17) is 4.74 Å². The summed E-state index contributed by atoms with van der Waals surface area (Å²) in [6.07, 6.45) is -3.34. The molecule has 1 heterocycles. The Hall–Kier alpha value is -2.75. The SMILES string of the molecule is CCC(=O)Nc1nc(C)nc(NC(CC)COCc2ccc(C(F)(F)F)cc2)n1. The van der Waals surface area contributed by atoms with Gasteiger partial charge in [-0.2, -0.15) is 28.1 Å². The van der Waals surface area contributed by atoms with Gasteiger partial charge in [0.1, 0.15) is 5.82 Å². The van der Waals surface area contributed by atoms with Crippen LogP contribution in [0, 0.1) is 6.92 Å². The average molecular weight is 411 g/mol. The Bertz CT molecular complexity index is 812. The number of hydrogen-bond acceptors (Lipinski definition) is 6. The molecule has 0 radical (unpaired) electrons. The van der Waals surface area contributed by atoms with Crippen LogP contribution in [0.1, 0.15) is 43.6 Å². The molecule has 0 bridgehead atoms. The molecule has 29 heavy (non-hydrogen) atoms. The summed E-state index contributed by atoms with van der Waals surface area (Å²) in [5.41, 5.74) is -0.0426. The number of anilines is 2. The summed E-state index contributed by atoms with van der Waals surface area (Å²) in [5.74, 6) is 0.740. The average Bonchev–Trinajstić information content (AvgIpc) is 2.66. The number of amides is 1. The number of halogens is 3. The smallest absolute Gasteiger partial charge is 0.375 e. The van der Waals surface area contributed by atoms with Gasteiger partial charge in [-0.05, 0) is 31.0 Å². The summed E-state index contributed by atoms with van der Waals surface area (Å²) in [5, 5.41) is 5.72. The van der Waals surface area contributed by atoms with Gasteiger partial charge in [-0.3, -0.25) is 10.1 Å². The van der Waals surface area contributed by atoms with Crippen LogP contribution in [0.15, 0.2) is 24.3 Å². The lowest BCUT2D eigenvalue weighted by molar-refractivity contribution is -0.137. The fourth-order valence-electron chi connectivity index (χ4n) is 2.37. The summed E-state index contributed by atoms with van der Waals surface area (Å²) in [7, 11) is 0. The molecule has 2 N–H and O–H groups in total. The van der Waals surface area contributed by atoms with Crippen LogP contribution in [0.5, 0.6) is 0 Å². The van der Waals surface area contributed by atoms with Crippen LogP contribution in [0.4, 0.5) is 25.1 Å². The van der Waals surface area contributed by atoms with Gasteiger partial charge in [0.15, 0.2) is 0 Å².